The molecular weight excluding hydrogens is 367 g/mol. The molecule has 0 radical (unpaired) electrons. The van der Waals surface area contributed by atoms with Gasteiger partial charge in [-0.1, -0.05) is 12.1 Å². The molecule has 2 atom stereocenters. The Hall–Kier alpha value is -2.92. The second kappa shape index (κ2) is 8.62. The van der Waals surface area contributed by atoms with Crippen LogP contribution in [0.25, 0.3) is 0 Å². The number of halogens is 1. The topological polar surface area (TPSA) is 34.6 Å². The predicted molar refractivity (Wildman–Crippen MR) is 111 cm³/mol. The molecule has 1 aliphatic rings. The molecule has 0 spiro atoms. The van der Waals surface area contributed by atoms with Gasteiger partial charge in [-0.15, -0.1) is 0 Å². The summed E-state index contributed by atoms with van der Waals surface area (Å²) in [5, 5.41) is 0. The van der Waals surface area contributed by atoms with Crippen LogP contribution in [0.5, 0.6) is 17.2 Å². The van der Waals surface area contributed by atoms with Crippen molar-refractivity contribution < 1.29 is 13.9 Å². The van der Waals surface area contributed by atoms with Crippen molar-refractivity contribution in [1.29, 1.82) is 0 Å². The largest absolute Gasteiger partial charge is 0.497 e. The Kier molecular flexibility index (Phi) is 5.76. The molecule has 0 amide bonds. The van der Waals surface area contributed by atoms with Gasteiger partial charge in [0.05, 0.1) is 13.3 Å². The standard InChI is InChI=1S/C24H25FN2O2/c1-17(18-5-9-21(28-2)10-6-18)27-13-3-4-24(27)19-14-23(16-26-15-19)29-22-11-7-20(25)8-12-22/h5-12,14-17,24H,3-4,13H2,1-2H3/t17-,24?/m1/s1. The number of nitrogens with zero attached hydrogens (tertiary/aromatic N) is 2. The molecule has 5 heteroatoms. The summed E-state index contributed by atoms with van der Waals surface area (Å²) in [7, 11) is 1.68. The minimum absolute atomic E-state index is 0.279. The van der Waals surface area contributed by atoms with Crippen LogP contribution in [-0.4, -0.2) is 23.5 Å². The first-order chi connectivity index (χ1) is 14.1. The lowest BCUT2D eigenvalue weighted by Crippen LogP contribution is -2.26. The van der Waals surface area contributed by atoms with Gasteiger partial charge < -0.3 is 9.47 Å². The van der Waals surface area contributed by atoms with Crippen LogP contribution in [0, 0.1) is 5.82 Å². The summed E-state index contributed by atoms with van der Waals surface area (Å²) in [5.74, 6) is 1.85. The summed E-state index contributed by atoms with van der Waals surface area (Å²) in [6.45, 7) is 3.29. The van der Waals surface area contributed by atoms with E-state index in [2.05, 4.69) is 28.9 Å². The van der Waals surface area contributed by atoms with Crippen molar-refractivity contribution in [2.45, 2.75) is 31.8 Å². The monoisotopic (exact) mass is 392 g/mol. The molecule has 2 aromatic carbocycles. The lowest BCUT2D eigenvalue weighted by Gasteiger charge is -2.31. The average Bonchev–Trinajstić information content (AvgIpc) is 3.25. The number of ether oxygens (including phenoxy) is 2. The van der Waals surface area contributed by atoms with E-state index in [4.69, 9.17) is 9.47 Å². The highest BCUT2D eigenvalue weighted by Gasteiger charge is 2.30. The zero-order valence-corrected chi connectivity index (χ0v) is 16.7. The first kappa shape index (κ1) is 19.4. The Morgan fingerprint density at radius 2 is 1.72 bits per heavy atom. The van der Waals surface area contributed by atoms with Gasteiger partial charge in [0.1, 0.15) is 23.1 Å². The van der Waals surface area contributed by atoms with Gasteiger partial charge in [-0.05, 0) is 79.9 Å². The van der Waals surface area contributed by atoms with E-state index in [0.717, 1.165) is 30.7 Å². The number of aromatic nitrogens is 1. The van der Waals surface area contributed by atoms with Crippen LogP contribution >= 0.6 is 0 Å². The molecule has 29 heavy (non-hydrogen) atoms. The van der Waals surface area contributed by atoms with Gasteiger partial charge in [-0.2, -0.15) is 0 Å². The molecule has 1 fully saturated rings. The number of hydrogen-bond donors (Lipinski definition) is 0. The van der Waals surface area contributed by atoms with Crippen molar-refractivity contribution in [2.24, 2.45) is 0 Å². The van der Waals surface area contributed by atoms with Crippen LogP contribution in [0.4, 0.5) is 4.39 Å². The van der Waals surface area contributed by atoms with Gasteiger partial charge in [0.2, 0.25) is 0 Å². The van der Waals surface area contributed by atoms with E-state index in [1.165, 1.54) is 17.7 Å². The molecule has 0 aliphatic carbocycles. The number of likely N-dealkylation sites (tertiary alicyclic amines) is 1. The van der Waals surface area contributed by atoms with Crippen LogP contribution in [0.1, 0.15) is 43.0 Å². The van der Waals surface area contributed by atoms with Gasteiger partial charge in [0.25, 0.3) is 0 Å². The molecule has 4 rings (SSSR count). The molecule has 1 unspecified atom stereocenters. The molecule has 0 bridgehead atoms. The van der Waals surface area contributed by atoms with Crippen molar-refractivity contribution in [3.05, 3.63) is 83.9 Å². The molecule has 2 heterocycles. The van der Waals surface area contributed by atoms with Crippen molar-refractivity contribution in [2.75, 3.05) is 13.7 Å². The second-order valence-corrected chi connectivity index (χ2v) is 7.35. The summed E-state index contributed by atoms with van der Waals surface area (Å²) < 4.78 is 24.3. The first-order valence-electron chi connectivity index (χ1n) is 9.92. The van der Waals surface area contributed by atoms with Gasteiger partial charge in [-0.25, -0.2) is 4.39 Å². The van der Waals surface area contributed by atoms with Crippen molar-refractivity contribution in [3.8, 4) is 17.2 Å². The number of benzene rings is 2. The van der Waals surface area contributed by atoms with E-state index in [0.29, 0.717) is 11.5 Å². The minimum atomic E-state index is -0.279. The third-order valence-electron chi connectivity index (χ3n) is 5.56. The number of methoxy groups -OCH3 is 1. The first-order valence-corrected chi connectivity index (χ1v) is 9.92. The Balaban J connectivity index is 1.52. The highest BCUT2D eigenvalue weighted by molar-refractivity contribution is 5.34. The van der Waals surface area contributed by atoms with Crippen LogP contribution in [-0.2, 0) is 0 Å². The molecule has 150 valence electrons. The normalized spacial score (nSPS) is 17.8. The summed E-state index contributed by atoms with van der Waals surface area (Å²) in [5.41, 5.74) is 2.41. The Morgan fingerprint density at radius 1 is 1.00 bits per heavy atom. The van der Waals surface area contributed by atoms with E-state index >= 15 is 0 Å². The van der Waals surface area contributed by atoms with Crippen LogP contribution < -0.4 is 9.47 Å². The fourth-order valence-corrected chi connectivity index (χ4v) is 4.00. The van der Waals surface area contributed by atoms with Crippen molar-refractivity contribution >= 4 is 0 Å². The van der Waals surface area contributed by atoms with E-state index in [9.17, 15) is 4.39 Å². The van der Waals surface area contributed by atoms with E-state index in [1.807, 2.05) is 24.4 Å². The molecule has 3 aromatic rings. The third kappa shape index (κ3) is 4.40. The van der Waals surface area contributed by atoms with Gasteiger partial charge in [0.15, 0.2) is 0 Å². The SMILES string of the molecule is COc1ccc([C@@H](C)N2CCCC2c2cncc(Oc3ccc(F)cc3)c2)cc1. The quantitative estimate of drug-likeness (QED) is 0.521. The predicted octanol–water partition coefficient (Wildman–Crippen LogP) is 5.92. The maximum atomic E-state index is 13.1. The average molecular weight is 392 g/mol. The second-order valence-electron chi connectivity index (χ2n) is 7.35. The summed E-state index contributed by atoms with van der Waals surface area (Å²) in [6.07, 6.45) is 5.84. The third-order valence-corrected chi connectivity index (χ3v) is 5.56. The Bertz CT molecular complexity index is 944. The lowest BCUT2D eigenvalue weighted by molar-refractivity contribution is 0.193. The van der Waals surface area contributed by atoms with E-state index in [1.54, 1.807) is 25.4 Å². The van der Waals surface area contributed by atoms with Crippen LogP contribution in [0.3, 0.4) is 0 Å². The van der Waals surface area contributed by atoms with Gasteiger partial charge in [-0.3, -0.25) is 9.88 Å². The summed E-state index contributed by atoms with van der Waals surface area (Å²) in [4.78, 5) is 6.90. The molecule has 1 aromatic heterocycles. The Morgan fingerprint density at radius 3 is 2.45 bits per heavy atom. The molecular formula is C24H25FN2O2. The lowest BCUT2D eigenvalue weighted by atomic mass is 10.0. The highest BCUT2D eigenvalue weighted by atomic mass is 19.1. The van der Waals surface area contributed by atoms with Gasteiger partial charge in [0, 0.05) is 18.3 Å². The minimum Gasteiger partial charge on any atom is -0.497 e. The molecule has 1 aliphatic heterocycles. The number of rotatable bonds is 6. The number of pyridine rings is 1. The van der Waals surface area contributed by atoms with E-state index < -0.39 is 0 Å². The smallest absolute Gasteiger partial charge is 0.146 e. The maximum absolute atomic E-state index is 13.1. The zero-order valence-electron chi connectivity index (χ0n) is 16.7. The molecule has 0 N–H and O–H groups in total. The van der Waals surface area contributed by atoms with Crippen molar-refractivity contribution in [1.82, 2.24) is 9.88 Å². The summed E-state index contributed by atoms with van der Waals surface area (Å²) in [6, 6.07) is 16.9. The molecule has 0 saturated carbocycles. The van der Waals surface area contributed by atoms with Crippen LogP contribution in [0.2, 0.25) is 0 Å². The fourth-order valence-electron chi connectivity index (χ4n) is 4.00. The summed E-state index contributed by atoms with van der Waals surface area (Å²) >= 11 is 0. The number of hydrogen-bond acceptors (Lipinski definition) is 4. The van der Waals surface area contributed by atoms with Crippen molar-refractivity contribution in [3.63, 3.8) is 0 Å². The maximum Gasteiger partial charge on any atom is 0.146 e. The van der Waals surface area contributed by atoms with Crippen LogP contribution in [0.15, 0.2) is 67.0 Å². The fraction of sp³-hybridized carbons (Fsp3) is 0.292. The Labute approximate surface area is 170 Å². The zero-order chi connectivity index (χ0) is 20.2. The molecule has 4 nitrogen and oxygen atoms in total. The van der Waals surface area contributed by atoms with E-state index in [-0.39, 0.29) is 17.9 Å². The highest BCUT2D eigenvalue weighted by Crippen LogP contribution is 2.39. The molecule has 1 saturated heterocycles. The van der Waals surface area contributed by atoms with Gasteiger partial charge >= 0.3 is 0 Å².